The lowest BCUT2D eigenvalue weighted by atomic mass is 10.00. The van der Waals surface area contributed by atoms with Crippen LogP contribution < -0.4 is 0 Å². The molecule has 8 nitrogen and oxygen atoms in total. The quantitative estimate of drug-likeness (QED) is 0.696. The summed E-state index contributed by atoms with van der Waals surface area (Å²) in [6.07, 6.45) is 6.47. The van der Waals surface area contributed by atoms with Gasteiger partial charge < -0.3 is 18.7 Å². The minimum Gasteiger partial charge on any atom is -0.446 e. The van der Waals surface area contributed by atoms with E-state index in [1.165, 1.54) is 18.7 Å². The van der Waals surface area contributed by atoms with Gasteiger partial charge >= 0.3 is 0 Å². The third-order valence-electron chi connectivity index (χ3n) is 5.36. The third kappa shape index (κ3) is 2.69. The molecule has 0 saturated carbocycles. The van der Waals surface area contributed by atoms with Crippen LogP contribution in [0.4, 0.5) is 0 Å². The normalized spacial score (nSPS) is 18.5. The molecule has 5 rings (SSSR count). The number of aromatic nitrogens is 2. The minimum atomic E-state index is -0.425. The lowest BCUT2D eigenvalue weighted by Gasteiger charge is -2.22. The molecule has 0 radical (unpaired) electrons. The Balaban J connectivity index is 1.51. The van der Waals surface area contributed by atoms with Crippen molar-refractivity contribution >= 4 is 11.8 Å². The molecule has 2 aromatic heterocycles. The molecule has 2 amide bonds. The van der Waals surface area contributed by atoms with E-state index in [2.05, 4.69) is 10.1 Å². The highest BCUT2D eigenvalue weighted by Crippen LogP contribution is 2.40. The molecular weight excluding hydrogens is 360 g/mol. The standard InChI is InChI=1S/C20H18N4O4/c25-19(23-7-1-2-8-23)13-3-4-15-14(9-13)11-24(18(15)17-10-21-12-27-17)20(26)16-5-6-22-28-16/h3-6,9-10,12,18H,1-2,7-8,11H2. The molecule has 3 aromatic rings. The number of carbonyl (C=O) groups is 2. The van der Waals surface area contributed by atoms with E-state index in [0.717, 1.165) is 37.1 Å². The topological polar surface area (TPSA) is 92.7 Å². The van der Waals surface area contributed by atoms with Gasteiger partial charge in [-0.25, -0.2) is 4.98 Å². The number of likely N-dealkylation sites (tertiary alicyclic amines) is 1. The number of hydrogen-bond donors (Lipinski definition) is 0. The van der Waals surface area contributed by atoms with Gasteiger partial charge in [0.1, 0.15) is 6.04 Å². The average Bonchev–Trinajstić information content (AvgIpc) is 3.51. The first-order valence-corrected chi connectivity index (χ1v) is 9.24. The molecule has 0 aliphatic carbocycles. The van der Waals surface area contributed by atoms with Gasteiger partial charge in [-0.05, 0) is 36.1 Å². The van der Waals surface area contributed by atoms with Crippen LogP contribution in [0.25, 0.3) is 0 Å². The number of fused-ring (bicyclic) bond motifs is 1. The van der Waals surface area contributed by atoms with Gasteiger partial charge in [0, 0.05) is 31.3 Å². The first-order chi connectivity index (χ1) is 13.7. The van der Waals surface area contributed by atoms with Crippen LogP contribution in [-0.2, 0) is 6.54 Å². The molecule has 1 atom stereocenters. The number of oxazole rings is 1. The molecule has 0 N–H and O–H groups in total. The molecule has 4 heterocycles. The summed E-state index contributed by atoms with van der Waals surface area (Å²) in [5, 5.41) is 3.62. The van der Waals surface area contributed by atoms with Crippen LogP contribution in [0, 0.1) is 0 Å². The van der Waals surface area contributed by atoms with Gasteiger partial charge in [0.2, 0.25) is 5.76 Å². The van der Waals surface area contributed by atoms with Crippen LogP contribution in [0.5, 0.6) is 0 Å². The molecular formula is C20H18N4O4. The molecule has 2 aliphatic heterocycles. The van der Waals surface area contributed by atoms with Gasteiger partial charge in [0.15, 0.2) is 12.2 Å². The van der Waals surface area contributed by atoms with Crippen molar-refractivity contribution in [3.63, 3.8) is 0 Å². The van der Waals surface area contributed by atoms with Gasteiger partial charge in [-0.3, -0.25) is 9.59 Å². The van der Waals surface area contributed by atoms with Gasteiger partial charge in [0.05, 0.1) is 12.4 Å². The molecule has 142 valence electrons. The smallest absolute Gasteiger partial charge is 0.293 e. The number of nitrogens with zero attached hydrogens (tertiary/aromatic N) is 4. The molecule has 1 aromatic carbocycles. The summed E-state index contributed by atoms with van der Waals surface area (Å²) >= 11 is 0. The second-order valence-electron chi connectivity index (χ2n) is 7.03. The molecule has 28 heavy (non-hydrogen) atoms. The Bertz CT molecular complexity index is 1010. The number of benzene rings is 1. The Morgan fingerprint density at radius 1 is 1.11 bits per heavy atom. The highest BCUT2D eigenvalue weighted by molar-refractivity contribution is 5.95. The fraction of sp³-hybridized carbons (Fsp3) is 0.300. The summed E-state index contributed by atoms with van der Waals surface area (Å²) < 4.78 is 10.6. The van der Waals surface area contributed by atoms with Crippen LogP contribution in [-0.4, -0.2) is 44.8 Å². The highest BCUT2D eigenvalue weighted by Gasteiger charge is 2.38. The van der Waals surface area contributed by atoms with Crippen molar-refractivity contribution in [2.45, 2.75) is 25.4 Å². The van der Waals surface area contributed by atoms with Crippen LogP contribution in [0.2, 0.25) is 0 Å². The van der Waals surface area contributed by atoms with Gasteiger partial charge in [-0.2, -0.15) is 0 Å². The predicted octanol–water partition coefficient (Wildman–Crippen LogP) is 2.64. The Hall–Kier alpha value is -3.42. The maximum absolute atomic E-state index is 13.0. The second-order valence-corrected chi connectivity index (χ2v) is 7.03. The summed E-state index contributed by atoms with van der Waals surface area (Å²) in [7, 11) is 0. The Morgan fingerprint density at radius 3 is 2.68 bits per heavy atom. The van der Waals surface area contributed by atoms with Gasteiger partial charge in [-0.15, -0.1) is 0 Å². The molecule has 1 unspecified atom stereocenters. The Kier molecular flexibility index (Phi) is 3.96. The van der Waals surface area contributed by atoms with E-state index in [1.54, 1.807) is 11.1 Å². The summed E-state index contributed by atoms with van der Waals surface area (Å²) in [4.78, 5) is 33.2. The maximum Gasteiger partial charge on any atom is 0.293 e. The summed E-state index contributed by atoms with van der Waals surface area (Å²) in [6.45, 7) is 1.95. The monoisotopic (exact) mass is 378 g/mol. The Morgan fingerprint density at radius 2 is 1.96 bits per heavy atom. The number of rotatable bonds is 3. The van der Waals surface area contributed by atoms with Crippen LogP contribution in [0.1, 0.15) is 56.7 Å². The van der Waals surface area contributed by atoms with Crippen LogP contribution in [0.15, 0.2) is 52.0 Å². The summed E-state index contributed by atoms with van der Waals surface area (Å²) in [5.74, 6) is 0.468. The van der Waals surface area contributed by atoms with E-state index in [1.807, 2.05) is 23.1 Å². The largest absolute Gasteiger partial charge is 0.446 e. The number of amides is 2. The maximum atomic E-state index is 13.0. The summed E-state index contributed by atoms with van der Waals surface area (Å²) in [6, 6.07) is 6.72. The van der Waals surface area contributed by atoms with E-state index in [9.17, 15) is 9.59 Å². The van der Waals surface area contributed by atoms with Crippen molar-refractivity contribution < 1.29 is 18.5 Å². The molecule has 0 spiro atoms. The minimum absolute atomic E-state index is 0.0385. The zero-order valence-electron chi connectivity index (χ0n) is 15.1. The lowest BCUT2D eigenvalue weighted by molar-refractivity contribution is 0.0660. The molecule has 0 bridgehead atoms. The van der Waals surface area contributed by atoms with Crippen LogP contribution >= 0.6 is 0 Å². The van der Waals surface area contributed by atoms with Crippen molar-refractivity contribution in [2.75, 3.05) is 13.1 Å². The third-order valence-corrected chi connectivity index (χ3v) is 5.36. The summed E-state index contributed by atoms with van der Waals surface area (Å²) in [5.41, 5.74) is 2.48. The van der Waals surface area contributed by atoms with Crippen molar-refractivity contribution in [3.05, 3.63) is 71.3 Å². The van der Waals surface area contributed by atoms with Gasteiger partial charge in [0.25, 0.3) is 11.8 Å². The van der Waals surface area contributed by atoms with Crippen molar-refractivity contribution in [1.29, 1.82) is 0 Å². The highest BCUT2D eigenvalue weighted by atomic mass is 16.5. The zero-order chi connectivity index (χ0) is 19.1. The average molecular weight is 378 g/mol. The van der Waals surface area contributed by atoms with Crippen LogP contribution in [0.3, 0.4) is 0 Å². The number of carbonyl (C=O) groups excluding carboxylic acids is 2. The van der Waals surface area contributed by atoms with E-state index in [0.29, 0.717) is 17.9 Å². The first kappa shape index (κ1) is 16.7. The van der Waals surface area contributed by atoms with Crippen molar-refractivity contribution in [2.24, 2.45) is 0 Å². The zero-order valence-corrected chi connectivity index (χ0v) is 15.1. The van der Waals surface area contributed by atoms with E-state index >= 15 is 0 Å². The van der Waals surface area contributed by atoms with Gasteiger partial charge in [-0.1, -0.05) is 11.2 Å². The fourth-order valence-electron chi connectivity index (χ4n) is 4.01. The Labute approximate surface area is 160 Å². The number of hydrogen-bond acceptors (Lipinski definition) is 6. The fourth-order valence-corrected chi connectivity index (χ4v) is 4.01. The van der Waals surface area contributed by atoms with E-state index in [-0.39, 0.29) is 17.6 Å². The lowest BCUT2D eigenvalue weighted by Crippen LogP contribution is -2.29. The first-order valence-electron chi connectivity index (χ1n) is 9.24. The molecule has 1 saturated heterocycles. The molecule has 8 heteroatoms. The molecule has 2 aliphatic rings. The molecule has 1 fully saturated rings. The predicted molar refractivity (Wildman–Crippen MR) is 96.3 cm³/mol. The van der Waals surface area contributed by atoms with Crippen molar-refractivity contribution in [3.8, 4) is 0 Å². The second kappa shape index (κ2) is 6.63. The van der Waals surface area contributed by atoms with Crippen molar-refractivity contribution in [1.82, 2.24) is 19.9 Å². The van der Waals surface area contributed by atoms with E-state index < -0.39 is 6.04 Å². The SMILES string of the molecule is O=C(c1ccc2c(c1)CN(C(=O)c1ccno1)C2c1cnco1)N1CCCC1. The van der Waals surface area contributed by atoms with E-state index in [4.69, 9.17) is 8.94 Å².